The lowest BCUT2D eigenvalue weighted by Crippen LogP contribution is -2.43. The summed E-state index contributed by atoms with van der Waals surface area (Å²) >= 11 is 0. The quantitative estimate of drug-likeness (QED) is 0.850. The molecular weight excluding hydrogens is 338 g/mol. The van der Waals surface area contributed by atoms with Gasteiger partial charge in [-0.25, -0.2) is 0 Å². The van der Waals surface area contributed by atoms with Gasteiger partial charge in [-0.15, -0.1) is 0 Å². The lowest BCUT2D eigenvalue weighted by Gasteiger charge is -2.37. The van der Waals surface area contributed by atoms with Crippen LogP contribution in [0.2, 0.25) is 0 Å². The summed E-state index contributed by atoms with van der Waals surface area (Å²) < 4.78 is 5.18. The molecule has 4 rings (SSSR count). The molecule has 0 spiro atoms. The van der Waals surface area contributed by atoms with Gasteiger partial charge in [0.1, 0.15) is 5.76 Å². The van der Waals surface area contributed by atoms with Crippen LogP contribution in [0.25, 0.3) is 11.1 Å². The van der Waals surface area contributed by atoms with Crippen LogP contribution in [0.3, 0.4) is 0 Å². The number of piperidine rings is 1. The number of aromatic nitrogens is 1. The second-order valence-corrected chi connectivity index (χ2v) is 8.13. The summed E-state index contributed by atoms with van der Waals surface area (Å²) in [6.45, 7) is 2.91. The number of nitrogens with two attached hydrogens (primary N) is 1. The molecule has 5 nitrogen and oxygen atoms in total. The van der Waals surface area contributed by atoms with Gasteiger partial charge < -0.3 is 15.6 Å². The van der Waals surface area contributed by atoms with E-state index in [0.717, 1.165) is 18.0 Å². The van der Waals surface area contributed by atoms with Crippen molar-refractivity contribution in [1.82, 2.24) is 10.5 Å². The molecule has 3 N–H and O–H groups in total. The fourth-order valence-electron chi connectivity index (χ4n) is 4.95. The van der Waals surface area contributed by atoms with Crippen LogP contribution in [0.5, 0.6) is 0 Å². The second kappa shape index (κ2) is 7.85. The Bertz CT molecular complexity index is 790. The van der Waals surface area contributed by atoms with Crippen molar-refractivity contribution in [3.05, 3.63) is 41.3 Å². The maximum absolute atomic E-state index is 11.6. The fraction of sp³-hybridized carbons (Fsp3) is 0.545. The van der Waals surface area contributed by atoms with Gasteiger partial charge in [0.05, 0.1) is 5.56 Å². The first-order chi connectivity index (χ1) is 13.1. The molecule has 0 bridgehead atoms. The zero-order valence-electron chi connectivity index (χ0n) is 16.0. The van der Waals surface area contributed by atoms with E-state index in [1.807, 2.05) is 6.92 Å². The predicted octanol–water partition coefficient (Wildman–Crippen LogP) is 4.16. The maximum Gasteiger partial charge on any atom is 0.271 e. The third-order valence-corrected chi connectivity index (χ3v) is 6.42. The average Bonchev–Trinajstić information content (AvgIpc) is 3.11. The van der Waals surface area contributed by atoms with Crippen molar-refractivity contribution in [2.75, 3.05) is 6.54 Å². The molecule has 2 heterocycles. The zero-order chi connectivity index (χ0) is 18.8. The van der Waals surface area contributed by atoms with E-state index in [1.165, 1.54) is 50.5 Å². The van der Waals surface area contributed by atoms with Crippen LogP contribution in [0.1, 0.15) is 72.7 Å². The van der Waals surface area contributed by atoms with Crippen molar-refractivity contribution in [1.29, 1.82) is 0 Å². The number of carbonyl (C=O) groups is 1. The van der Waals surface area contributed by atoms with E-state index >= 15 is 0 Å². The standard InChI is InChI=1S/C22H29N3O2/c1-14-20(21(22(23)26)25-27-14)17-9-7-15(8-10-17)18-11-12-24-19(13-18)16-5-3-2-4-6-16/h7-10,16,18-19,24H,2-6,11-13H2,1H3,(H2,23,26). The van der Waals surface area contributed by atoms with Gasteiger partial charge in [0.2, 0.25) is 0 Å². The summed E-state index contributed by atoms with van der Waals surface area (Å²) in [5.74, 6) is 1.51. The fourth-order valence-corrected chi connectivity index (χ4v) is 4.95. The van der Waals surface area contributed by atoms with Crippen LogP contribution in [-0.4, -0.2) is 23.7 Å². The van der Waals surface area contributed by atoms with Crippen LogP contribution in [-0.2, 0) is 0 Å². The monoisotopic (exact) mass is 367 g/mol. The number of carbonyl (C=O) groups excluding carboxylic acids is 1. The first kappa shape index (κ1) is 18.2. The third-order valence-electron chi connectivity index (χ3n) is 6.42. The molecule has 27 heavy (non-hydrogen) atoms. The molecule has 1 amide bonds. The predicted molar refractivity (Wildman–Crippen MR) is 106 cm³/mol. The van der Waals surface area contributed by atoms with Crippen LogP contribution in [0.15, 0.2) is 28.8 Å². The van der Waals surface area contributed by atoms with Crippen LogP contribution in [0, 0.1) is 12.8 Å². The molecule has 1 aliphatic carbocycles. The lowest BCUT2D eigenvalue weighted by atomic mass is 9.76. The molecule has 1 saturated heterocycles. The highest BCUT2D eigenvalue weighted by molar-refractivity contribution is 5.98. The van der Waals surface area contributed by atoms with Crippen LogP contribution in [0.4, 0.5) is 0 Å². The van der Waals surface area contributed by atoms with E-state index < -0.39 is 5.91 Å². The lowest BCUT2D eigenvalue weighted by molar-refractivity contribution is 0.0992. The number of rotatable bonds is 4. The highest BCUT2D eigenvalue weighted by Crippen LogP contribution is 2.36. The van der Waals surface area contributed by atoms with Gasteiger partial charge in [0, 0.05) is 6.04 Å². The number of amides is 1. The minimum Gasteiger partial charge on any atom is -0.364 e. The SMILES string of the molecule is Cc1onc(C(N)=O)c1-c1ccc(C2CCNC(C3CCCCC3)C2)cc1. The van der Waals surface area contributed by atoms with E-state index in [2.05, 4.69) is 34.7 Å². The van der Waals surface area contributed by atoms with E-state index in [0.29, 0.717) is 23.3 Å². The number of hydrogen-bond donors (Lipinski definition) is 2. The molecule has 2 atom stereocenters. The molecule has 2 fully saturated rings. The van der Waals surface area contributed by atoms with Crippen molar-refractivity contribution < 1.29 is 9.32 Å². The van der Waals surface area contributed by atoms with Gasteiger partial charge in [-0.3, -0.25) is 4.79 Å². The Hall–Kier alpha value is -2.14. The summed E-state index contributed by atoms with van der Waals surface area (Å²) in [7, 11) is 0. The number of primary amides is 1. The van der Waals surface area contributed by atoms with Crippen LogP contribution < -0.4 is 11.1 Å². The summed E-state index contributed by atoms with van der Waals surface area (Å²) in [6.07, 6.45) is 9.36. The molecular formula is C22H29N3O2. The van der Waals surface area contributed by atoms with Gasteiger partial charge in [-0.1, -0.05) is 48.7 Å². The number of aryl methyl sites for hydroxylation is 1. The first-order valence-electron chi connectivity index (χ1n) is 10.2. The van der Waals surface area contributed by atoms with Crippen molar-refractivity contribution in [2.45, 2.75) is 63.8 Å². The average molecular weight is 367 g/mol. The largest absolute Gasteiger partial charge is 0.364 e. The third kappa shape index (κ3) is 3.79. The zero-order valence-corrected chi connectivity index (χ0v) is 16.0. The van der Waals surface area contributed by atoms with Gasteiger partial charge in [-0.05, 0) is 62.1 Å². The highest BCUT2D eigenvalue weighted by Gasteiger charge is 2.29. The van der Waals surface area contributed by atoms with E-state index in [1.54, 1.807) is 0 Å². The summed E-state index contributed by atoms with van der Waals surface area (Å²) in [6, 6.07) is 9.18. The van der Waals surface area contributed by atoms with Gasteiger partial charge in [0.25, 0.3) is 5.91 Å². The molecule has 144 valence electrons. The van der Waals surface area contributed by atoms with Crippen molar-refractivity contribution >= 4 is 5.91 Å². The highest BCUT2D eigenvalue weighted by atomic mass is 16.5. The van der Waals surface area contributed by atoms with E-state index in [9.17, 15) is 4.79 Å². The second-order valence-electron chi connectivity index (χ2n) is 8.13. The Labute approximate surface area is 160 Å². The normalized spacial score (nSPS) is 24.0. The Morgan fingerprint density at radius 2 is 1.89 bits per heavy atom. The number of hydrogen-bond acceptors (Lipinski definition) is 4. The molecule has 0 radical (unpaired) electrons. The van der Waals surface area contributed by atoms with E-state index in [-0.39, 0.29) is 5.69 Å². The molecule has 1 saturated carbocycles. The number of benzene rings is 1. The first-order valence-corrected chi connectivity index (χ1v) is 10.2. The Kier molecular flexibility index (Phi) is 5.30. The molecule has 5 heteroatoms. The molecule has 2 aromatic rings. The van der Waals surface area contributed by atoms with Gasteiger partial charge in [0.15, 0.2) is 5.69 Å². The topological polar surface area (TPSA) is 81.2 Å². The maximum atomic E-state index is 11.6. The molecule has 1 aromatic carbocycles. The summed E-state index contributed by atoms with van der Waals surface area (Å²) in [5, 5.41) is 7.59. The van der Waals surface area contributed by atoms with Crippen molar-refractivity contribution in [3.63, 3.8) is 0 Å². The molecule has 2 unspecified atom stereocenters. The van der Waals surface area contributed by atoms with Crippen molar-refractivity contribution in [2.24, 2.45) is 11.7 Å². The minimum absolute atomic E-state index is 0.208. The summed E-state index contributed by atoms with van der Waals surface area (Å²) in [4.78, 5) is 11.6. The Morgan fingerprint density at radius 3 is 2.59 bits per heavy atom. The minimum atomic E-state index is -0.556. The molecule has 1 aromatic heterocycles. The van der Waals surface area contributed by atoms with Crippen molar-refractivity contribution in [3.8, 4) is 11.1 Å². The van der Waals surface area contributed by atoms with Gasteiger partial charge in [-0.2, -0.15) is 0 Å². The smallest absolute Gasteiger partial charge is 0.271 e. The summed E-state index contributed by atoms with van der Waals surface area (Å²) in [5.41, 5.74) is 8.66. The van der Waals surface area contributed by atoms with E-state index in [4.69, 9.17) is 10.3 Å². The number of nitrogens with zero attached hydrogens (tertiary/aromatic N) is 1. The number of nitrogens with one attached hydrogen (secondary N) is 1. The van der Waals surface area contributed by atoms with Crippen LogP contribution >= 0.6 is 0 Å². The molecule has 1 aliphatic heterocycles. The molecule has 2 aliphatic rings. The van der Waals surface area contributed by atoms with Gasteiger partial charge >= 0.3 is 0 Å². The Balaban J connectivity index is 1.50. The Morgan fingerprint density at radius 1 is 1.15 bits per heavy atom.